The molecule has 0 atom stereocenters. The summed E-state index contributed by atoms with van der Waals surface area (Å²) in [6.07, 6.45) is 3.73. The van der Waals surface area contributed by atoms with Crippen LogP contribution in [-0.2, 0) is 5.41 Å². The van der Waals surface area contributed by atoms with E-state index in [2.05, 4.69) is 132 Å². The average molecular weight is 670 g/mol. The molecular formula is C46H31N5O. The van der Waals surface area contributed by atoms with Crippen LogP contribution in [0.3, 0.4) is 0 Å². The van der Waals surface area contributed by atoms with Crippen LogP contribution >= 0.6 is 0 Å². The molecule has 0 spiro atoms. The maximum absolute atomic E-state index is 6.77. The van der Waals surface area contributed by atoms with Crippen molar-refractivity contribution in [2.45, 2.75) is 19.3 Å². The molecule has 6 heteroatoms. The lowest BCUT2D eigenvalue weighted by molar-refractivity contribution is 0.482. The lowest BCUT2D eigenvalue weighted by atomic mass is 9.74. The first-order chi connectivity index (χ1) is 25.6. The number of benzene rings is 5. The number of fused-ring (bicyclic) bond motifs is 11. The van der Waals surface area contributed by atoms with Crippen molar-refractivity contribution in [3.63, 3.8) is 0 Å². The van der Waals surface area contributed by atoms with Crippen molar-refractivity contribution in [3.05, 3.63) is 163 Å². The van der Waals surface area contributed by atoms with Gasteiger partial charge in [-0.1, -0.05) is 98.8 Å². The highest BCUT2D eigenvalue weighted by molar-refractivity contribution is 6.13. The summed E-state index contributed by atoms with van der Waals surface area (Å²) in [5.41, 5.74) is 11.3. The van der Waals surface area contributed by atoms with E-state index in [9.17, 15) is 0 Å². The van der Waals surface area contributed by atoms with Crippen molar-refractivity contribution in [2.24, 2.45) is 0 Å². The number of hydrogen-bond donors (Lipinski definition) is 0. The van der Waals surface area contributed by atoms with Gasteiger partial charge in [0.1, 0.15) is 28.4 Å². The van der Waals surface area contributed by atoms with Crippen LogP contribution in [0.25, 0.3) is 77.6 Å². The van der Waals surface area contributed by atoms with Crippen LogP contribution < -0.4 is 4.74 Å². The smallest absolute Gasteiger partial charge is 0.147 e. The van der Waals surface area contributed by atoms with Gasteiger partial charge >= 0.3 is 0 Å². The van der Waals surface area contributed by atoms with Crippen LogP contribution in [0.5, 0.6) is 11.5 Å². The Bertz CT molecular complexity index is 3070. The Morgan fingerprint density at radius 3 is 1.98 bits per heavy atom. The van der Waals surface area contributed by atoms with Gasteiger partial charge in [0.05, 0.1) is 22.6 Å². The van der Waals surface area contributed by atoms with E-state index in [1.54, 1.807) is 0 Å². The van der Waals surface area contributed by atoms with Gasteiger partial charge < -0.3 is 4.74 Å². The van der Waals surface area contributed by atoms with Gasteiger partial charge in [-0.25, -0.2) is 15.0 Å². The third-order valence-electron chi connectivity index (χ3n) is 10.8. The first-order valence-electron chi connectivity index (χ1n) is 17.6. The summed E-state index contributed by atoms with van der Waals surface area (Å²) in [6.45, 7) is 4.61. The molecule has 10 aromatic rings. The molecule has 1 aliphatic rings. The summed E-state index contributed by atoms with van der Waals surface area (Å²) >= 11 is 0. The van der Waals surface area contributed by atoms with E-state index in [0.717, 1.165) is 78.2 Å². The van der Waals surface area contributed by atoms with Gasteiger partial charge in [0.15, 0.2) is 0 Å². The van der Waals surface area contributed by atoms with E-state index in [1.165, 1.54) is 22.0 Å². The average Bonchev–Trinajstić information content (AvgIpc) is 3.76. The van der Waals surface area contributed by atoms with E-state index in [-0.39, 0.29) is 5.41 Å². The highest BCUT2D eigenvalue weighted by atomic mass is 16.5. The summed E-state index contributed by atoms with van der Waals surface area (Å²) in [5.74, 6) is 1.50. The van der Waals surface area contributed by atoms with E-state index in [0.29, 0.717) is 0 Å². The fourth-order valence-electron chi connectivity index (χ4n) is 8.46. The van der Waals surface area contributed by atoms with Crippen molar-refractivity contribution in [1.82, 2.24) is 23.9 Å². The summed E-state index contributed by atoms with van der Waals surface area (Å²) in [4.78, 5) is 15.2. The van der Waals surface area contributed by atoms with Crippen molar-refractivity contribution in [2.75, 3.05) is 0 Å². The molecule has 5 aromatic carbocycles. The molecule has 5 aromatic heterocycles. The highest BCUT2D eigenvalue weighted by Gasteiger charge is 2.35. The summed E-state index contributed by atoms with van der Waals surface area (Å²) in [6, 6.07) is 48.6. The minimum absolute atomic E-state index is 0.199. The molecule has 1 aliphatic heterocycles. The molecule has 0 bridgehead atoms. The van der Waals surface area contributed by atoms with Crippen LogP contribution in [0.1, 0.15) is 25.0 Å². The Morgan fingerprint density at radius 2 is 1.19 bits per heavy atom. The van der Waals surface area contributed by atoms with Gasteiger partial charge in [-0.05, 0) is 65.0 Å². The molecule has 0 amide bonds. The second-order valence-electron chi connectivity index (χ2n) is 14.1. The first kappa shape index (κ1) is 29.0. The number of pyridine rings is 3. The number of rotatable bonds is 4. The monoisotopic (exact) mass is 669 g/mol. The second kappa shape index (κ2) is 10.6. The quantitative estimate of drug-likeness (QED) is 0.175. The Balaban J connectivity index is 1.13. The van der Waals surface area contributed by atoms with Crippen LogP contribution in [0.15, 0.2) is 152 Å². The fraction of sp³-hybridized carbons (Fsp3) is 0.0652. The van der Waals surface area contributed by atoms with E-state index >= 15 is 0 Å². The largest absolute Gasteiger partial charge is 0.457 e. The van der Waals surface area contributed by atoms with E-state index < -0.39 is 0 Å². The van der Waals surface area contributed by atoms with Gasteiger partial charge in [-0.2, -0.15) is 0 Å². The minimum Gasteiger partial charge on any atom is -0.457 e. The molecule has 0 radical (unpaired) electrons. The topological polar surface area (TPSA) is 57.2 Å². The predicted molar refractivity (Wildman–Crippen MR) is 210 cm³/mol. The normalized spacial score (nSPS) is 13.3. The molecular weight excluding hydrogens is 639 g/mol. The van der Waals surface area contributed by atoms with Crippen LogP contribution in [0.4, 0.5) is 0 Å². The summed E-state index contributed by atoms with van der Waals surface area (Å²) < 4.78 is 11.3. The van der Waals surface area contributed by atoms with Crippen LogP contribution in [0.2, 0.25) is 0 Å². The van der Waals surface area contributed by atoms with Gasteiger partial charge in [-0.3, -0.25) is 8.97 Å². The molecule has 0 saturated carbocycles. The zero-order valence-electron chi connectivity index (χ0n) is 28.6. The zero-order chi connectivity index (χ0) is 34.6. The molecule has 6 nitrogen and oxygen atoms in total. The molecule has 0 unspecified atom stereocenters. The van der Waals surface area contributed by atoms with Crippen molar-refractivity contribution >= 4 is 49.4 Å². The lowest BCUT2D eigenvalue weighted by Crippen LogP contribution is -2.26. The lowest BCUT2D eigenvalue weighted by Gasteiger charge is -2.34. The first-order valence-corrected chi connectivity index (χ1v) is 17.6. The number of imidazole rings is 1. The van der Waals surface area contributed by atoms with Crippen molar-refractivity contribution in [1.29, 1.82) is 0 Å². The number of ether oxygens (including phenoxy) is 1. The third-order valence-corrected chi connectivity index (χ3v) is 10.8. The summed E-state index contributed by atoms with van der Waals surface area (Å²) in [5, 5.41) is 5.49. The maximum Gasteiger partial charge on any atom is 0.147 e. The SMILES string of the molecule is CC1(C)c2ccc(Oc3ccc4c5cccnc5n5c(-c6ccccc6)c(-c6ccccc6)nc5c4c3)cc2-n2c3ncccc3c3cccc1c32. The maximum atomic E-state index is 6.77. The Hall–Kier alpha value is -6.79. The number of para-hydroxylation sites is 1. The zero-order valence-corrected chi connectivity index (χ0v) is 28.6. The van der Waals surface area contributed by atoms with Gasteiger partial charge in [0.25, 0.3) is 0 Å². The fourth-order valence-corrected chi connectivity index (χ4v) is 8.46. The van der Waals surface area contributed by atoms with Crippen molar-refractivity contribution < 1.29 is 4.74 Å². The molecule has 0 fully saturated rings. The van der Waals surface area contributed by atoms with E-state index in [4.69, 9.17) is 19.7 Å². The standard InChI is InChI=1S/C46H31N5O/c1-46(2)37-23-21-31(27-39(37)50-42-33(16-9-19-38(42)46)35-18-11-24-47-43(35)50)52-30-20-22-32-34-17-10-25-48-44(34)51-41(29-14-7-4-8-15-29)40(28-12-5-3-6-13-28)49-45(51)36(32)26-30/h3-27H,1-2H3. The number of hydrogen-bond acceptors (Lipinski definition) is 4. The molecule has 0 N–H and O–H groups in total. The Labute approximate surface area is 299 Å². The Kier molecular flexibility index (Phi) is 5.91. The van der Waals surface area contributed by atoms with Crippen LogP contribution in [0, 0.1) is 0 Å². The van der Waals surface area contributed by atoms with E-state index in [1.807, 2.05) is 42.7 Å². The molecule has 6 heterocycles. The van der Waals surface area contributed by atoms with Gasteiger partial charge in [0.2, 0.25) is 0 Å². The molecule has 11 rings (SSSR count). The summed E-state index contributed by atoms with van der Waals surface area (Å²) in [7, 11) is 0. The molecule has 52 heavy (non-hydrogen) atoms. The van der Waals surface area contributed by atoms with Crippen LogP contribution in [-0.4, -0.2) is 23.9 Å². The van der Waals surface area contributed by atoms with Crippen molar-refractivity contribution in [3.8, 4) is 39.7 Å². The van der Waals surface area contributed by atoms with Gasteiger partial charge in [0, 0.05) is 56.5 Å². The molecule has 246 valence electrons. The number of aromatic nitrogens is 5. The Morgan fingerprint density at radius 1 is 0.519 bits per heavy atom. The molecule has 0 aliphatic carbocycles. The second-order valence-corrected chi connectivity index (χ2v) is 14.1. The minimum atomic E-state index is -0.199. The highest BCUT2D eigenvalue weighted by Crippen LogP contribution is 2.48. The third kappa shape index (κ3) is 3.97. The predicted octanol–water partition coefficient (Wildman–Crippen LogP) is 11.3. The number of nitrogens with zero attached hydrogens (tertiary/aromatic N) is 5. The van der Waals surface area contributed by atoms with Gasteiger partial charge in [-0.15, -0.1) is 0 Å². The molecule has 0 saturated heterocycles.